The molecule has 17 nitrogen and oxygen atoms in total. The maximum Gasteiger partial charge on any atom is 0.472 e. The molecule has 0 radical (unpaired) electrons. The number of allylic oxidation sites excluding steroid dienone is 20. The average molecular weight is 1470 g/mol. The number of aliphatic hydroxyl groups is 1. The van der Waals surface area contributed by atoms with Gasteiger partial charge in [-0.3, -0.25) is 37.3 Å². The van der Waals surface area contributed by atoms with E-state index in [2.05, 4.69) is 149 Å². The van der Waals surface area contributed by atoms with Crippen molar-refractivity contribution in [3.05, 3.63) is 122 Å². The summed E-state index contributed by atoms with van der Waals surface area (Å²) in [5.41, 5.74) is 0. The second-order valence-corrected chi connectivity index (χ2v) is 29.1. The molecule has 0 amide bonds. The minimum atomic E-state index is -4.99. The van der Waals surface area contributed by atoms with Crippen molar-refractivity contribution < 1.29 is 80.2 Å². The molecule has 3 N–H and O–H groups in total. The first-order valence-electron chi connectivity index (χ1n) is 39.8. The highest BCUT2D eigenvalue weighted by Crippen LogP contribution is 2.45. The fourth-order valence-corrected chi connectivity index (χ4v) is 12.1. The zero-order valence-corrected chi connectivity index (χ0v) is 65.8. The highest BCUT2D eigenvalue weighted by Gasteiger charge is 2.30. The Bertz CT molecular complexity index is 2410. The highest BCUT2D eigenvalue weighted by atomic mass is 31.2. The lowest BCUT2D eigenvalue weighted by atomic mass is 10.0. The smallest absolute Gasteiger partial charge is 0.462 e. The van der Waals surface area contributed by atoms with Crippen LogP contribution >= 0.6 is 15.6 Å². The summed E-state index contributed by atoms with van der Waals surface area (Å²) in [7, 11) is -9.97. The number of aliphatic hydroxyl groups excluding tert-OH is 1. The van der Waals surface area contributed by atoms with Crippen LogP contribution in [0.3, 0.4) is 0 Å². The van der Waals surface area contributed by atoms with Crippen molar-refractivity contribution in [1.82, 2.24) is 0 Å². The third-order valence-electron chi connectivity index (χ3n) is 16.4. The van der Waals surface area contributed by atoms with Crippen LogP contribution < -0.4 is 0 Å². The highest BCUT2D eigenvalue weighted by molar-refractivity contribution is 7.47. The molecular formula is C83H142O17P2. The first kappa shape index (κ1) is 97.5. The van der Waals surface area contributed by atoms with Crippen molar-refractivity contribution in [2.24, 2.45) is 0 Å². The Morgan fingerprint density at radius 1 is 0.284 bits per heavy atom. The summed E-state index contributed by atoms with van der Waals surface area (Å²) in [5, 5.41) is 10.6. The van der Waals surface area contributed by atoms with Crippen LogP contribution in [0.15, 0.2) is 122 Å². The van der Waals surface area contributed by atoms with Gasteiger partial charge in [0.05, 0.1) is 26.4 Å². The number of esters is 4. The quantitative estimate of drug-likeness (QED) is 0.0169. The molecule has 5 atom stereocenters. The maximum atomic E-state index is 13.1. The van der Waals surface area contributed by atoms with E-state index in [4.69, 9.17) is 37.0 Å². The number of phosphoric acid groups is 2. The summed E-state index contributed by atoms with van der Waals surface area (Å²) >= 11 is 0. The van der Waals surface area contributed by atoms with Crippen molar-refractivity contribution in [2.75, 3.05) is 39.6 Å². The van der Waals surface area contributed by atoms with Crippen LogP contribution in [-0.4, -0.2) is 96.7 Å². The van der Waals surface area contributed by atoms with Gasteiger partial charge in [0.25, 0.3) is 0 Å². The molecule has 0 heterocycles. The zero-order chi connectivity index (χ0) is 74.6. The summed E-state index contributed by atoms with van der Waals surface area (Å²) in [6.07, 6.45) is 81.7. The Morgan fingerprint density at radius 2 is 0.510 bits per heavy atom. The molecule has 0 aliphatic heterocycles. The van der Waals surface area contributed by atoms with E-state index in [1.54, 1.807) is 0 Å². The molecule has 0 aliphatic rings. The van der Waals surface area contributed by atoms with Crippen molar-refractivity contribution >= 4 is 39.5 Å². The van der Waals surface area contributed by atoms with Gasteiger partial charge >= 0.3 is 39.5 Å². The molecule has 0 saturated heterocycles. The topological polar surface area (TPSA) is 237 Å². The van der Waals surface area contributed by atoms with Crippen LogP contribution in [0.5, 0.6) is 0 Å². The molecule has 0 fully saturated rings. The van der Waals surface area contributed by atoms with Crippen LogP contribution in [0.25, 0.3) is 0 Å². The lowest BCUT2D eigenvalue weighted by molar-refractivity contribution is -0.161. The molecule has 0 saturated carbocycles. The summed E-state index contributed by atoms with van der Waals surface area (Å²) < 4.78 is 68.6. The van der Waals surface area contributed by atoms with Gasteiger partial charge in [0.15, 0.2) is 12.2 Å². The predicted molar refractivity (Wildman–Crippen MR) is 418 cm³/mol. The minimum absolute atomic E-state index is 0.0675. The van der Waals surface area contributed by atoms with E-state index in [9.17, 15) is 43.2 Å². The Balaban J connectivity index is 5.40. The van der Waals surface area contributed by atoms with E-state index in [0.717, 1.165) is 180 Å². The molecule has 0 spiro atoms. The normalized spacial score (nSPS) is 14.5. The standard InChI is InChI=1S/C83H142O17P2/c1-5-9-13-17-21-25-29-33-37-38-42-44-48-52-56-60-64-68-81(86)94-74-79(100-83(88)70-66-62-58-54-50-46-41-36-32-28-24-20-16-12-8-4)76-98-102(91,92)96-72-77(84)71-95-101(89,90)97-75-78(99-82(87)69-65-61-57-53-49-45-40-35-31-27-23-19-15-11-7-3)73-93-80(85)67-63-59-55-51-47-43-39-34-30-26-22-18-14-10-6-2/h9-10,12-14,16,21-22,24-26,28,33-34,36-37,39,41-42,44,77-79,84H,5-8,11,15,17-20,23,27,29-32,35,38,40,43,45-76H2,1-4H3,(H,89,90)(H,91,92)/b13-9-,14-10-,16-12-,25-21-,26-22-,28-24-,37-33-,39-34-,41-36-,44-42-. The van der Waals surface area contributed by atoms with Crippen molar-refractivity contribution in [3.8, 4) is 0 Å². The second-order valence-electron chi connectivity index (χ2n) is 26.2. The van der Waals surface area contributed by atoms with Crippen molar-refractivity contribution in [3.63, 3.8) is 0 Å². The number of carbonyl (C=O) groups is 4. The van der Waals surface area contributed by atoms with Gasteiger partial charge in [-0.15, -0.1) is 0 Å². The molecule has 0 rings (SSSR count). The van der Waals surface area contributed by atoms with Crippen LogP contribution in [0.1, 0.15) is 323 Å². The monoisotopic (exact) mass is 1470 g/mol. The van der Waals surface area contributed by atoms with E-state index in [1.165, 1.54) is 64.2 Å². The summed E-state index contributed by atoms with van der Waals surface area (Å²) in [4.78, 5) is 73.0. The SMILES string of the molecule is CC/C=C\C/C=C\C/C=C\C/C=C\CCCCCCC(=O)OCC(COP(=O)(O)OCC(O)COP(=O)(O)OCC(COC(=O)CCCCCCC/C=C\C/C=C\C/C=C\CC)OC(=O)CCCCCCCCCCCCCCCCC)OC(=O)CCCCCCC/C=C\C/C=C\C/C=C\CC. The largest absolute Gasteiger partial charge is 0.472 e. The van der Waals surface area contributed by atoms with Gasteiger partial charge in [-0.1, -0.05) is 290 Å². The van der Waals surface area contributed by atoms with E-state index >= 15 is 0 Å². The van der Waals surface area contributed by atoms with E-state index in [0.29, 0.717) is 25.7 Å². The number of rotatable bonds is 74. The van der Waals surface area contributed by atoms with E-state index in [1.807, 2.05) is 0 Å². The van der Waals surface area contributed by atoms with E-state index < -0.39 is 97.5 Å². The first-order chi connectivity index (χ1) is 49.7. The van der Waals surface area contributed by atoms with Crippen LogP contribution in [0.4, 0.5) is 0 Å². The number of carbonyl (C=O) groups excluding carboxylic acids is 4. The Hall–Kier alpha value is -4.54. The summed E-state index contributed by atoms with van der Waals surface area (Å²) in [6, 6.07) is 0. The number of phosphoric ester groups is 2. The Labute approximate surface area is 619 Å². The second kappa shape index (κ2) is 74.7. The molecule has 102 heavy (non-hydrogen) atoms. The zero-order valence-electron chi connectivity index (χ0n) is 64.0. The number of hydrogen-bond acceptors (Lipinski definition) is 15. The lowest BCUT2D eigenvalue weighted by Crippen LogP contribution is -2.30. The Morgan fingerprint density at radius 3 is 0.784 bits per heavy atom. The number of hydrogen-bond donors (Lipinski definition) is 3. The van der Waals surface area contributed by atoms with Gasteiger partial charge in [0.1, 0.15) is 19.3 Å². The fraction of sp³-hybridized carbons (Fsp3) is 0.711. The third-order valence-corrected chi connectivity index (χ3v) is 18.3. The van der Waals surface area contributed by atoms with Gasteiger partial charge in [-0.2, -0.15) is 0 Å². The van der Waals surface area contributed by atoms with E-state index in [-0.39, 0.29) is 25.7 Å². The van der Waals surface area contributed by atoms with Gasteiger partial charge in [0, 0.05) is 25.7 Å². The molecule has 0 aromatic rings. The number of unbranched alkanes of at least 4 members (excludes halogenated alkanes) is 28. The molecule has 0 aliphatic carbocycles. The molecule has 0 bridgehead atoms. The number of ether oxygens (including phenoxy) is 4. The summed E-state index contributed by atoms with van der Waals surface area (Å²) in [5.74, 6) is -2.23. The minimum Gasteiger partial charge on any atom is -0.462 e. The molecule has 0 aromatic heterocycles. The predicted octanol–water partition coefficient (Wildman–Crippen LogP) is 23.1. The van der Waals surface area contributed by atoms with Gasteiger partial charge in [-0.05, 0) is 128 Å². The van der Waals surface area contributed by atoms with Crippen LogP contribution in [0, 0.1) is 0 Å². The van der Waals surface area contributed by atoms with Crippen molar-refractivity contribution in [2.45, 2.75) is 341 Å². The average Bonchev–Trinajstić information content (AvgIpc) is 0.923. The fourth-order valence-electron chi connectivity index (χ4n) is 10.5. The van der Waals surface area contributed by atoms with Gasteiger partial charge < -0.3 is 33.8 Å². The molecule has 5 unspecified atom stereocenters. The Kier molecular flexibility index (Phi) is 71.4. The molecule has 0 aromatic carbocycles. The molecule has 19 heteroatoms. The third kappa shape index (κ3) is 73.8. The maximum absolute atomic E-state index is 13.1. The summed E-state index contributed by atoms with van der Waals surface area (Å²) in [6.45, 7) is 4.50. The molecule has 586 valence electrons. The molecular weight excluding hydrogens is 1330 g/mol. The first-order valence-corrected chi connectivity index (χ1v) is 42.8. The van der Waals surface area contributed by atoms with Crippen molar-refractivity contribution in [1.29, 1.82) is 0 Å². The van der Waals surface area contributed by atoms with Gasteiger partial charge in [0.2, 0.25) is 0 Å². The van der Waals surface area contributed by atoms with Gasteiger partial charge in [-0.25, -0.2) is 9.13 Å². The lowest BCUT2D eigenvalue weighted by Gasteiger charge is -2.21. The van der Waals surface area contributed by atoms with Crippen LogP contribution in [0.2, 0.25) is 0 Å². The van der Waals surface area contributed by atoms with Crippen LogP contribution in [-0.2, 0) is 65.4 Å².